The van der Waals surface area contributed by atoms with Crippen molar-refractivity contribution >= 4 is 69.0 Å². The van der Waals surface area contributed by atoms with Gasteiger partial charge in [-0.15, -0.1) is 0 Å². The Morgan fingerprint density at radius 3 is 2.08 bits per heavy atom. The predicted molar refractivity (Wildman–Crippen MR) is 99.5 cm³/mol. The minimum absolute atomic E-state index is 0.204. The van der Waals surface area contributed by atoms with E-state index in [0.29, 0.717) is 17.0 Å². The lowest BCUT2D eigenvalue weighted by atomic mass is 10.2. The highest BCUT2D eigenvalue weighted by Gasteiger charge is 2.30. The molecule has 0 fully saturated rings. The SMILES string of the molecule is O=C(Nc1ccc(NC(=O)C(Cl)(Cl)Cl)cc1)c1cc2ccccc2o1. The maximum absolute atomic E-state index is 12.3. The first kappa shape index (κ1) is 17.6. The van der Waals surface area contributed by atoms with Crippen molar-refractivity contribution < 1.29 is 14.0 Å². The van der Waals surface area contributed by atoms with Crippen molar-refractivity contribution in [1.82, 2.24) is 0 Å². The summed E-state index contributed by atoms with van der Waals surface area (Å²) >= 11 is 16.5. The zero-order valence-corrected chi connectivity index (χ0v) is 14.8. The zero-order valence-electron chi connectivity index (χ0n) is 12.6. The molecule has 0 saturated heterocycles. The topological polar surface area (TPSA) is 71.3 Å². The number of nitrogens with one attached hydrogen (secondary N) is 2. The number of benzene rings is 2. The van der Waals surface area contributed by atoms with Crippen LogP contribution in [0.15, 0.2) is 59.0 Å². The van der Waals surface area contributed by atoms with E-state index < -0.39 is 9.70 Å². The summed E-state index contributed by atoms with van der Waals surface area (Å²) in [5.74, 6) is -0.944. The van der Waals surface area contributed by atoms with Crippen molar-refractivity contribution in [1.29, 1.82) is 0 Å². The van der Waals surface area contributed by atoms with E-state index >= 15 is 0 Å². The molecule has 0 aliphatic heterocycles. The Morgan fingerprint density at radius 1 is 0.880 bits per heavy atom. The molecule has 0 spiro atoms. The van der Waals surface area contributed by atoms with Gasteiger partial charge in [-0.3, -0.25) is 9.59 Å². The molecular weight excluding hydrogens is 387 g/mol. The molecule has 0 aliphatic rings. The van der Waals surface area contributed by atoms with Gasteiger partial charge in [0.05, 0.1) is 0 Å². The maximum Gasteiger partial charge on any atom is 0.291 e. The molecule has 3 aromatic rings. The van der Waals surface area contributed by atoms with Crippen molar-refractivity contribution in [2.75, 3.05) is 10.6 Å². The van der Waals surface area contributed by atoms with Crippen LogP contribution in [-0.4, -0.2) is 15.6 Å². The minimum atomic E-state index is -2.05. The number of carbonyl (C=O) groups excluding carboxylic acids is 2. The summed E-state index contributed by atoms with van der Waals surface area (Å²) in [6.45, 7) is 0. The number of halogens is 3. The summed E-state index contributed by atoms with van der Waals surface area (Å²) in [5, 5.41) is 6.00. The number of amides is 2. The molecule has 2 aromatic carbocycles. The van der Waals surface area contributed by atoms with E-state index in [4.69, 9.17) is 39.2 Å². The monoisotopic (exact) mass is 396 g/mol. The van der Waals surface area contributed by atoms with Gasteiger partial charge in [0.15, 0.2) is 5.76 Å². The van der Waals surface area contributed by atoms with Crippen molar-refractivity contribution in [2.45, 2.75) is 3.79 Å². The molecule has 2 N–H and O–H groups in total. The van der Waals surface area contributed by atoms with Crippen molar-refractivity contribution in [3.63, 3.8) is 0 Å². The Kier molecular flexibility index (Phi) is 4.90. The number of hydrogen-bond donors (Lipinski definition) is 2. The zero-order chi connectivity index (χ0) is 18.0. The van der Waals surface area contributed by atoms with Crippen LogP contribution in [-0.2, 0) is 4.79 Å². The Labute approximate surface area is 157 Å². The summed E-state index contributed by atoms with van der Waals surface area (Å²) in [7, 11) is 0. The number of fused-ring (bicyclic) bond motifs is 1. The summed E-state index contributed by atoms with van der Waals surface area (Å²) in [6.07, 6.45) is 0. The molecule has 0 saturated carbocycles. The molecule has 3 rings (SSSR count). The Bertz CT molecular complexity index is 897. The van der Waals surface area contributed by atoms with Gasteiger partial charge < -0.3 is 15.1 Å². The number of rotatable bonds is 3. The Morgan fingerprint density at radius 2 is 1.48 bits per heavy atom. The quantitative estimate of drug-likeness (QED) is 0.611. The first-order valence-electron chi connectivity index (χ1n) is 7.11. The largest absolute Gasteiger partial charge is 0.451 e. The van der Waals surface area contributed by atoms with Crippen molar-refractivity contribution in [3.05, 3.63) is 60.4 Å². The Hall–Kier alpha value is -2.21. The van der Waals surface area contributed by atoms with Crippen molar-refractivity contribution in [2.24, 2.45) is 0 Å². The van der Waals surface area contributed by atoms with Crippen LogP contribution in [0.25, 0.3) is 11.0 Å². The van der Waals surface area contributed by atoms with E-state index in [9.17, 15) is 9.59 Å². The van der Waals surface area contributed by atoms with Gasteiger partial charge in [0.2, 0.25) is 0 Å². The van der Waals surface area contributed by atoms with Crippen LogP contribution in [0.1, 0.15) is 10.6 Å². The second-order valence-electron chi connectivity index (χ2n) is 5.13. The van der Waals surface area contributed by atoms with E-state index in [1.807, 2.05) is 18.2 Å². The van der Waals surface area contributed by atoms with E-state index in [1.165, 1.54) is 0 Å². The average Bonchev–Trinajstić information content (AvgIpc) is 3.00. The lowest BCUT2D eigenvalue weighted by Gasteiger charge is -2.11. The fourth-order valence-electron chi connectivity index (χ4n) is 2.13. The molecule has 0 atom stereocenters. The van der Waals surface area contributed by atoms with Gasteiger partial charge in [0.25, 0.3) is 15.6 Å². The third-order valence-electron chi connectivity index (χ3n) is 3.31. The van der Waals surface area contributed by atoms with Crippen LogP contribution in [0.5, 0.6) is 0 Å². The van der Waals surface area contributed by atoms with Crippen LogP contribution in [0.2, 0.25) is 0 Å². The molecule has 0 radical (unpaired) electrons. The smallest absolute Gasteiger partial charge is 0.291 e. The van der Waals surface area contributed by atoms with Gasteiger partial charge in [0, 0.05) is 16.8 Å². The number of carbonyl (C=O) groups is 2. The molecule has 0 bridgehead atoms. The van der Waals surface area contributed by atoms with Gasteiger partial charge in [0.1, 0.15) is 5.58 Å². The minimum Gasteiger partial charge on any atom is -0.451 e. The lowest BCUT2D eigenvalue weighted by Crippen LogP contribution is -2.26. The molecule has 8 heteroatoms. The molecular formula is C17H11Cl3N2O3. The summed E-state index contributed by atoms with van der Waals surface area (Å²) < 4.78 is 3.46. The van der Waals surface area contributed by atoms with E-state index in [0.717, 1.165) is 5.39 Å². The van der Waals surface area contributed by atoms with E-state index in [1.54, 1.807) is 36.4 Å². The normalized spacial score (nSPS) is 11.3. The lowest BCUT2D eigenvalue weighted by molar-refractivity contribution is -0.115. The second-order valence-corrected chi connectivity index (χ2v) is 7.41. The maximum atomic E-state index is 12.3. The number of alkyl halides is 3. The van der Waals surface area contributed by atoms with Gasteiger partial charge in [-0.25, -0.2) is 0 Å². The summed E-state index contributed by atoms with van der Waals surface area (Å²) in [6, 6.07) is 15.4. The van der Waals surface area contributed by atoms with E-state index in [2.05, 4.69) is 10.6 Å². The van der Waals surface area contributed by atoms with Crippen LogP contribution < -0.4 is 10.6 Å². The summed E-state index contributed by atoms with van der Waals surface area (Å²) in [5.41, 5.74) is 1.59. The van der Waals surface area contributed by atoms with Crippen LogP contribution in [0.3, 0.4) is 0 Å². The first-order valence-corrected chi connectivity index (χ1v) is 8.24. The second kappa shape index (κ2) is 6.96. The summed E-state index contributed by atoms with van der Waals surface area (Å²) in [4.78, 5) is 23.8. The number of anilines is 2. The molecule has 1 heterocycles. The fourth-order valence-corrected chi connectivity index (χ4v) is 2.27. The molecule has 5 nitrogen and oxygen atoms in total. The molecule has 128 valence electrons. The van der Waals surface area contributed by atoms with Crippen molar-refractivity contribution in [3.8, 4) is 0 Å². The number of hydrogen-bond acceptors (Lipinski definition) is 3. The molecule has 2 amide bonds. The highest BCUT2D eigenvalue weighted by molar-refractivity contribution is 6.76. The third-order valence-corrected chi connectivity index (χ3v) is 3.82. The average molecular weight is 398 g/mol. The molecule has 0 unspecified atom stereocenters. The molecule has 0 aliphatic carbocycles. The Balaban J connectivity index is 1.68. The molecule has 25 heavy (non-hydrogen) atoms. The van der Waals surface area contributed by atoms with Gasteiger partial charge in [-0.2, -0.15) is 0 Å². The van der Waals surface area contributed by atoms with Crippen LogP contribution >= 0.6 is 34.8 Å². The van der Waals surface area contributed by atoms with Gasteiger partial charge in [-0.1, -0.05) is 53.0 Å². The first-order chi connectivity index (χ1) is 11.8. The molecule has 1 aromatic heterocycles. The standard InChI is InChI=1S/C17H11Cl3N2O3/c18-17(19,20)16(24)22-12-7-5-11(6-8-12)21-15(23)14-9-10-3-1-2-4-13(10)25-14/h1-9H,(H,21,23)(H,22,24). The number of furan rings is 1. The third kappa shape index (κ3) is 4.25. The van der Waals surface area contributed by atoms with E-state index in [-0.39, 0.29) is 11.7 Å². The van der Waals surface area contributed by atoms with Crippen LogP contribution in [0.4, 0.5) is 11.4 Å². The predicted octanol–water partition coefficient (Wildman–Crippen LogP) is 4.99. The fraction of sp³-hybridized carbons (Fsp3) is 0.0588. The highest BCUT2D eigenvalue weighted by atomic mass is 35.6. The number of para-hydroxylation sites is 1. The highest BCUT2D eigenvalue weighted by Crippen LogP contribution is 2.28. The van der Waals surface area contributed by atoms with Gasteiger partial charge in [-0.05, 0) is 36.4 Å². The van der Waals surface area contributed by atoms with Crippen LogP contribution in [0, 0.1) is 0 Å². The van der Waals surface area contributed by atoms with Gasteiger partial charge >= 0.3 is 0 Å².